The maximum absolute atomic E-state index is 6.27. The molecule has 0 spiro atoms. The van der Waals surface area contributed by atoms with Crippen molar-refractivity contribution in [1.29, 1.82) is 0 Å². The van der Waals surface area contributed by atoms with E-state index in [4.69, 9.17) is 23.7 Å². The molecule has 0 radical (unpaired) electrons. The molecule has 3 atom stereocenters. The zero-order valence-electron chi connectivity index (χ0n) is 18.9. The van der Waals surface area contributed by atoms with E-state index in [1.165, 1.54) is 24.8 Å². The lowest BCUT2D eigenvalue weighted by Gasteiger charge is -2.29. The van der Waals surface area contributed by atoms with E-state index in [-0.39, 0.29) is 18.3 Å². The van der Waals surface area contributed by atoms with Gasteiger partial charge >= 0.3 is 0 Å². The number of hydrogen-bond acceptors (Lipinski definition) is 5. The van der Waals surface area contributed by atoms with Crippen LogP contribution in [0.3, 0.4) is 0 Å². The highest BCUT2D eigenvalue weighted by Crippen LogP contribution is 2.32. The van der Waals surface area contributed by atoms with Gasteiger partial charge in [0.25, 0.3) is 0 Å². The highest BCUT2D eigenvalue weighted by atomic mass is 16.8. The summed E-state index contributed by atoms with van der Waals surface area (Å²) in [6.07, 6.45) is 6.39. The van der Waals surface area contributed by atoms with Gasteiger partial charge in [-0.2, -0.15) is 0 Å². The minimum Gasteiger partial charge on any atom is -0.373 e. The first-order valence-electron chi connectivity index (χ1n) is 11.1. The average Bonchev–Trinajstić information content (AvgIpc) is 3.16. The number of ether oxygens (including phenoxy) is 5. The van der Waals surface area contributed by atoms with Crippen LogP contribution in [0.4, 0.5) is 0 Å². The van der Waals surface area contributed by atoms with Crippen molar-refractivity contribution in [2.75, 3.05) is 19.8 Å². The highest BCUT2D eigenvalue weighted by molar-refractivity contribution is 5.00. The fourth-order valence-electron chi connectivity index (χ4n) is 4.13. The molecule has 5 heteroatoms. The molecule has 0 aromatic heterocycles. The standard InChI is InChI=1S/C23H42O5/c1-8-12-18(9-2)17(3)13-10-11-14-24-21(19-15-25-22(4,5)27-19)20-16-26-23(6,7)28-20/h18-21H,3,8-16H2,1-2,4-7H3. The fourth-order valence-corrected chi connectivity index (χ4v) is 4.13. The lowest BCUT2D eigenvalue weighted by atomic mass is 9.90. The topological polar surface area (TPSA) is 46.2 Å². The Kier molecular flexibility index (Phi) is 8.96. The van der Waals surface area contributed by atoms with Gasteiger partial charge in [-0.05, 0) is 65.7 Å². The van der Waals surface area contributed by atoms with E-state index in [1.807, 2.05) is 27.7 Å². The normalized spacial score (nSPS) is 28.4. The smallest absolute Gasteiger partial charge is 0.163 e. The van der Waals surface area contributed by atoms with Gasteiger partial charge in [0.1, 0.15) is 18.3 Å². The predicted octanol–water partition coefficient (Wildman–Crippen LogP) is 5.23. The number of unbranched alkanes of at least 4 members (excludes halogenated alkanes) is 1. The van der Waals surface area contributed by atoms with Crippen LogP contribution in [0.15, 0.2) is 12.2 Å². The minimum absolute atomic E-state index is 0.138. The summed E-state index contributed by atoms with van der Waals surface area (Å²) in [6, 6.07) is 0. The largest absolute Gasteiger partial charge is 0.373 e. The molecule has 0 aromatic carbocycles. The van der Waals surface area contributed by atoms with Crippen LogP contribution >= 0.6 is 0 Å². The van der Waals surface area contributed by atoms with Gasteiger partial charge in [0.2, 0.25) is 0 Å². The molecule has 28 heavy (non-hydrogen) atoms. The van der Waals surface area contributed by atoms with Crippen LogP contribution < -0.4 is 0 Å². The quantitative estimate of drug-likeness (QED) is 0.333. The van der Waals surface area contributed by atoms with Crippen LogP contribution in [-0.4, -0.2) is 49.7 Å². The summed E-state index contributed by atoms with van der Waals surface area (Å²) in [7, 11) is 0. The van der Waals surface area contributed by atoms with Gasteiger partial charge in [-0.25, -0.2) is 0 Å². The molecule has 0 aromatic rings. The van der Waals surface area contributed by atoms with Crippen molar-refractivity contribution in [1.82, 2.24) is 0 Å². The summed E-state index contributed by atoms with van der Waals surface area (Å²) in [5, 5.41) is 0. The van der Waals surface area contributed by atoms with E-state index >= 15 is 0 Å². The lowest BCUT2D eigenvalue weighted by Crippen LogP contribution is -2.44. The maximum atomic E-state index is 6.27. The van der Waals surface area contributed by atoms with Crippen molar-refractivity contribution in [2.45, 2.75) is 110 Å². The van der Waals surface area contributed by atoms with Gasteiger partial charge in [0.15, 0.2) is 11.6 Å². The Morgan fingerprint density at radius 3 is 2.00 bits per heavy atom. The lowest BCUT2D eigenvalue weighted by molar-refractivity contribution is -0.188. The van der Waals surface area contributed by atoms with Crippen molar-refractivity contribution in [3.63, 3.8) is 0 Å². The molecule has 5 nitrogen and oxygen atoms in total. The van der Waals surface area contributed by atoms with Crippen LogP contribution in [0.25, 0.3) is 0 Å². The third kappa shape index (κ3) is 7.10. The molecule has 2 aliphatic heterocycles. The van der Waals surface area contributed by atoms with Gasteiger partial charge < -0.3 is 23.7 Å². The zero-order valence-corrected chi connectivity index (χ0v) is 18.9. The number of rotatable bonds is 12. The molecule has 0 N–H and O–H groups in total. The summed E-state index contributed by atoms with van der Waals surface area (Å²) in [4.78, 5) is 0. The van der Waals surface area contributed by atoms with Gasteiger partial charge in [-0.1, -0.05) is 32.4 Å². The third-order valence-electron chi connectivity index (χ3n) is 5.70. The molecular weight excluding hydrogens is 356 g/mol. The molecule has 3 unspecified atom stereocenters. The molecule has 0 amide bonds. The second-order valence-electron chi connectivity index (χ2n) is 9.08. The fraction of sp³-hybridized carbons (Fsp3) is 0.913. The molecule has 2 saturated heterocycles. The summed E-state index contributed by atoms with van der Waals surface area (Å²) >= 11 is 0. The summed E-state index contributed by atoms with van der Waals surface area (Å²) in [6.45, 7) is 18.3. The van der Waals surface area contributed by atoms with Crippen molar-refractivity contribution in [3.8, 4) is 0 Å². The summed E-state index contributed by atoms with van der Waals surface area (Å²) in [5.41, 5.74) is 1.39. The second kappa shape index (κ2) is 10.5. The first kappa shape index (κ1) is 23.8. The van der Waals surface area contributed by atoms with Gasteiger partial charge in [0.05, 0.1) is 13.2 Å². The molecule has 2 aliphatic rings. The van der Waals surface area contributed by atoms with Crippen LogP contribution in [0.1, 0.15) is 80.1 Å². The van der Waals surface area contributed by atoms with Crippen LogP contribution in [0.5, 0.6) is 0 Å². The molecule has 0 aliphatic carbocycles. The van der Waals surface area contributed by atoms with E-state index in [1.54, 1.807) is 0 Å². The highest BCUT2D eigenvalue weighted by Gasteiger charge is 2.46. The van der Waals surface area contributed by atoms with E-state index < -0.39 is 11.6 Å². The van der Waals surface area contributed by atoms with Gasteiger partial charge in [0, 0.05) is 6.61 Å². The predicted molar refractivity (Wildman–Crippen MR) is 111 cm³/mol. The van der Waals surface area contributed by atoms with Gasteiger partial charge in [-0.3, -0.25) is 0 Å². The molecule has 0 saturated carbocycles. The number of hydrogen-bond donors (Lipinski definition) is 0. The van der Waals surface area contributed by atoms with Crippen molar-refractivity contribution >= 4 is 0 Å². The summed E-state index contributed by atoms with van der Waals surface area (Å²) in [5.74, 6) is -0.489. The molecule has 2 heterocycles. The molecular formula is C23H42O5. The van der Waals surface area contributed by atoms with Crippen molar-refractivity contribution < 1.29 is 23.7 Å². The van der Waals surface area contributed by atoms with Crippen molar-refractivity contribution in [3.05, 3.63) is 12.2 Å². The Bertz CT molecular complexity index is 461. The zero-order chi connectivity index (χ0) is 20.8. The Labute approximate surface area is 172 Å². The molecule has 0 bridgehead atoms. The third-order valence-corrected chi connectivity index (χ3v) is 5.70. The van der Waals surface area contributed by atoms with E-state index in [2.05, 4.69) is 20.4 Å². The molecule has 164 valence electrons. The first-order valence-corrected chi connectivity index (χ1v) is 11.1. The Morgan fingerprint density at radius 2 is 1.57 bits per heavy atom. The van der Waals surface area contributed by atoms with Crippen LogP contribution in [0.2, 0.25) is 0 Å². The average molecular weight is 399 g/mol. The molecule has 2 rings (SSSR count). The maximum Gasteiger partial charge on any atom is 0.163 e. The molecule has 2 fully saturated rings. The monoisotopic (exact) mass is 398 g/mol. The second-order valence-corrected chi connectivity index (χ2v) is 9.08. The van der Waals surface area contributed by atoms with E-state index in [0.29, 0.717) is 25.7 Å². The SMILES string of the molecule is C=C(CCCCOC(C1COC(C)(C)O1)C1COC(C)(C)O1)C(CC)CCC. The minimum atomic E-state index is -0.576. The summed E-state index contributed by atoms with van der Waals surface area (Å²) < 4.78 is 29.9. The van der Waals surface area contributed by atoms with Crippen LogP contribution in [-0.2, 0) is 23.7 Å². The Balaban J connectivity index is 1.80. The van der Waals surface area contributed by atoms with E-state index in [0.717, 1.165) is 19.3 Å². The Hall–Kier alpha value is -0.460. The van der Waals surface area contributed by atoms with Gasteiger partial charge in [-0.15, -0.1) is 0 Å². The van der Waals surface area contributed by atoms with Crippen molar-refractivity contribution in [2.24, 2.45) is 5.92 Å². The van der Waals surface area contributed by atoms with E-state index in [9.17, 15) is 0 Å². The number of allylic oxidation sites excluding steroid dienone is 1. The Morgan fingerprint density at radius 1 is 1.00 bits per heavy atom. The first-order chi connectivity index (χ1) is 13.2. The van der Waals surface area contributed by atoms with Crippen LogP contribution in [0, 0.1) is 5.92 Å².